The Balaban J connectivity index is 1.41. The summed E-state index contributed by atoms with van der Waals surface area (Å²) in [5.41, 5.74) is 1.85. The summed E-state index contributed by atoms with van der Waals surface area (Å²) in [5, 5.41) is 6.21. The molecule has 0 atom stereocenters. The van der Waals surface area contributed by atoms with E-state index in [4.69, 9.17) is 4.74 Å². The van der Waals surface area contributed by atoms with Gasteiger partial charge in [-0.3, -0.25) is 9.79 Å². The molecule has 2 aromatic rings. The summed E-state index contributed by atoms with van der Waals surface area (Å²) in [5.74, 6) is 1.76. The van der Waals surface area contributed by atoms with E-state index in [2.05, 4.69) is 15.6 Å². The van der Waals surface area contributed by atoms with Gasteiger partial charge in [-0.15, -0.1) is 0 Å². The van der Waals surface area contributed by atoms with Crippen LogP contribution in [0.5, 0.6) is 5.75 Å². The van der Waals surface area contributed by atoms with Crippen LogP contribution in [0.25, 0.3) is 0 Å². The van der Waals surface area contributed by atoms with E-state index in [1.807, 2.05) is 54.6 Å². The molecule has 0 aliphatic carbocycles. The first kappa shape index (κ1) is 17.0. The number of amidine groups is 1. The van der Waals surface area contributed by atoms with Gasteiger partial charge in [-0.05, 0) is 49.2 Å². The van der Waals surface area contributed by atoms with Crippen molar-refractivity contribution < 1.29 is 9.53 Å². The molecule has 2 aromatic carbocycles. The summed E-state index contributed by atoms with van der Waals surface area (Å²) in [4.78, 5) is 16.5. The quantitative estimate of drug-likeness (QED) is 0.763. The number of benzene rings is 2. The fourth-order valence-electron chi connectivity index (χ4n) is 2.60. The third-order valence-electron chi connectivity index (χ3n) is 3.90. The minimum atomic E-state index is -0.00227. The highest BCUT2D eigenvalue weighted by Crippen LogP contribution is 2.12. The maximum Gasteiger partial charge on any atom is 0.224 e. The minimum absolute atomic E-state index is 0.00227. The third-order valence-corrected chi connectivity index (χ3v) is 3.90. The van der Waals surface area contributed by atoms with Crippen LogP contribution in [0.1, 0.15) is 24.8 Å². The molecule has 1 heterocycles. The summed E-state index contributed by atoms with van der Waals surface area (Å²) < 4.78 is 5.59. The van der Waals surface area contributed by atoms with Gasteiger partial charge in [0.05, 0.1) is 6.61 Å². The van der Waals surface area contributed by atoms with Crippen molar-refractivity contribution in [3.63, 3.8) is 0 Å². The standard InChI is InChI=1S/C20H23N3O2/c24-19(8-4-15-25-18-6-2-1-3-7-18)23-17-11-9-16(10-12-17)20-21-13-5-14-22-20/h1-3,6-7,9-12H,4-5,8,13-15H2,(H,21,22)(H,23,24). The molecule has 0 bridgehead atoms. The molecule has 1 amide bonds. The first-order valence-corrected chi connectivity index (χ1v) is 8.68. The molecular weight excluding hydrogens is 314 g/mol. The number of rotatable bonds is 7. The second-order valence-electron chi connectivity index (χ2n) is 5.90. The highest BCUT2D eigenvalue weighted by atomic mass is 16.5. The van der Waals surface area contributed by atoms with Crippen molar-refractivity contribution in [1.29, 1.82) is 0 Å². The Morgan fingerprint density at radius 1 is 1.12 bits per heavy atom. The van der Waals surface area contributed by atoms with Crippen molar-refractivity contribution in [1.82, 2.24) is 5.32 Å². The van der Waals surface area contributed by atoms with Gasteiger partial charge in [-0.2, -0.15) is 0 Å². The lowest BCUT2D eigenvalue weighted by Gasteiger charge is -2.15. The van der Waals surface area contributed by atoms with Gasteiger partial charge in [0.2, 0.25) is 5.91 Å². The number of nitrogens with one attached hydrogen (secondary N) is 2. The average Bonchev–Trinajstić information content (AvgIpc) is 2.67. The van der Waals surface area contributed by atoms with Crippen LogP contribution in [0.3, 0.4) is 0 Å². The number of carbonyl (C=O) groups excluding carboxylic acids is 1. The largest absolute Gasteiger partial charge is 0.494 e. The van der Waals surface area contributed by atoms with Gasteiger partial charge in [-0.25, -0.2) is 0 Å². The minimum Gasteiger partial charge on any atom is -0.494 e. The number of aliphatic imine (C=N–C) groups is 1. The van der Waals surface area contributed by atoms with Crippen LogP contribution in [0, 0.1) is 0 Å². The molecule has 0 unspecified atom stereocenters. The van der Waals surface area contributed by atoms with E-state index in [0.29, 0.717) is 19.4 Å². The average molecular weight is 337 g/mol. The lowest BCUT2D eigenvalue weighted by Crippen LogP contribution is -2.30. The fourth-order valence-corrected chi connectivity index (χ4v) is 2.60. The number of ether oxygens (including phenoxy) is 1. The Kier molecular flexibility index (Phi) is 6.04. The Hall–Kier alpha value is -2.82. The highest BCUT2D eigenvalue weighted by molar-refractivity contribution is 5.99. The molecule has 5 nitrogen and oxygen atoms in total. The molecule has 0 saturated heterocycles. The summed E-state index contributed by atoms with van der Waals surface area (Å²) in [6.45, 7) is 2.36. The van der Waals surface area contributed by atoms with Crippen LogP contribution in [0.2, 0.25) is 0 Å². The van der Waals surface area contributed by atoms with Gasteiger partial charge < -0.3 is 15.4 Å². The van der Waals surface area contributed by atoms with Crippen molar-refractivity contribution in [2.24, 2.45) is 4.99 Å². The highest BCUT2D eigenvalue weighted by Gasteiger charge is 2.07. The second-order valence-corrected chi connectivity index (χ2v) is 5.90. The van der Waals surface area contributed by atoms with E-state index in [0.717, 1.165) is 42.3 Å². The summed E-state index contributed by atoms with van der Waals surface area (Å²) >= 11 is 0. The first-order valence-electron chi connectivity index (χ1n) is 8.68. The number of amides is 1. The molecule has 5 heteroatoms. The van der Waals surface area contributed by atoms with Crippen molar-refractivity contribution in [2.75, 3.05) is 25.0 Å². The number of anilines is 1. The molecule has 25 heavy (non-hydrogen) atoms. The van der Waals surface area contributed by atoms with E-state index in [-0.39, 0.29) is 5.91 Å². The summed E-state index contributed by atoms with van der Waals surface area (Å²) in [6.07, 6.45) is 2.19. The molecule has 0 fully saturated rings. The molecular formula is C20H23N3O2. The van der Waals surface area contributed by atoms with E-state index >= 15 is 0 Å². The van der Waals surface area contributed by atoms with Crippen LogP contribution < -0.4 is 15.4 Å². The third kappa shape index (κ3) is 5.35. The Morgan fingerprint density at radius 3 is 2.64 bits per heavy atom. The maximum atomic E-state index is 12.0. The zero-order chi connectivity index (χ0) is 17.3. The first-order chi connectivity index (χ1) is 12.3. The van der Waals surface area contributed by atoms with Crippen molar-refractivity contribution >= 4 is 17.4 Å². The van der Waals surface area contributed by atoms with Crippen LogP contribution in [0.4, 0.5) is 5.69 Å². The molecule has 1 aliphatic heterocycles. The van der Waals surface area contributed by atoms with Crippen LogP contribution in [0.15, 0.2) is 59.6 Å². The molecule has 0 aromatic heterocycles. The summed E-state index contributed by atoms with van der Waals surface area (Å²) in [6, 6.07) is 17.4. The molecule has 130 valence electrons. The van der Waals surface area contributed by atoms with E-state index in [1.54, 1.807) is 0 Å². The Labute approximate surface area is 148 Å². The van der Waals surface area contributed by atoms with Gasteiger partial charge in [0.15, 0.2) is 0 Å². The zero-order valence-electron chi connectivity index (χ0n) is 14.2. The second kappa shape index (κ2) is 8.87. The van der Waals surface area contributed by atoms with Crippen LogP contribution in [-0.2, 0) is 4.79 Å². The smallest absolute Gasteiger partial charge is 0.224 e. The van der Waals surface area contributed by atoms with Crippen LogP contribution in [-0.4, -0.2) is 31.4 Å². The van der Waals surface area contributed by atoms with Crippen molar-refractivity contribution in [3.05, 3.63) is 60.2 Å². The number of carbonyl (C=O) groups is 1. The lowest BCUT2D eigenvalue weighted by molar-refractivity contribution is -0.116. The van der Waals surface area contributed by atoms with E-state index in [9.17, 15) is 4.79 Å². The predicted molar refractivity (Wildman–Crippen MR) is 100 cm³/mol. The fraction of sp³-hybridized carbons (Fsp3) is 0.300. The molecule has 0 radical (unpaired) electrons. The van der Waals surface area contributed by atoms with E-state index in [1.165, 1.54) is 0 Å². The van der Waals surface area contributed by atoms with Gasteiger partial charge in [0, 0.05) is 30.8 Å². The number of para-hydroxylation sites is 1. The molecule has 3 rings (SSSR count). The maximum absolute atomic E-state index is 12.0. The Morgan fingerprint density at radius 2 is 1.92 bits per heavy atom. The summed E-state index contributed by atoms with van der Waals surface area (Å²) in [7, 11) is 0. The van der Waals surface area contributed by atoms with Crippen LogP contribution >= 0.6 is 0 Å². The van der Waals surface area contributed by atoms with Gasteiger partial charge in [0.25, 0.3) is 0 Å². The van der Waals surface area contributed by atoms with Gasteiger partial charge >= 0.3 is 0 Å². The molecule has 2 N–H and O–H groups in total. The molecule has 1 aliphatic rings. The molecule has 0 spiro atoms. The van der Waals surface area contributed by atoms with Crippen molar-refractivity contribution in [2.45, 2.75) is 19.3 Å². The normalized spacial score (nSPS) is 13.5. The SMILES string of the molecule is O=C(CCCOc1ccccc1)Nc1ccc(C2=NCCCN2)cc1. The monoisotopic (exact) mass is 337 g/mol. The Bertz CT molecular complexity index is 711. The van der Waals surface area contributed by atoms with E-state index < -0.39 is 0 Å². The van der Waals surface area contributed by atoms with Crippen molar-refractivity contribution in [3.8, 4) is 5.75 Å². The number of nitrogens with zero attached hydrogens (tertiary/aromatic N) is 1. The number of hydrogen-bond donors (Lipinski definition) is 2. The van der Waals surface area contributed by atoms with Gasteiger partial charge in [0.1, 0.15) is 11.6 Å². The molecule has 0 saturated carbocycles. The predicted octanol–water partition coefficient (Wildman–Crippen LogP) is 3.22. The lowest BCUT2D eigenvalue weighted by atomic mass is 10.1. The van der Waals surface area contributed by atoms with Gasteiger partial charge in [-0.1, -0.05) is 18.2 Å². The zero-order valence-corrected chi connectivity index (χ0v) is 14.2. The topological polar surface area (TPSA) is 62.7 Å². The number of hydrogen-bond acceptors (Lipinski definition) is 4.